The van der Waals surface area contributed by atoms with Gasteiger partial charge in [0, 0.05) is 25.0 Å². The maximum Gasteiger partial charge on any atom is 0.158 e. The average Bonchev–Trinajstić information content (AvgIpc) is 2.57. The van der Waals surface area contributed by atoms with Crippen LogP contribution in [-0.2, 0) is 0 Å². The summed E-state index contributed by atoms with van der Waals surface area (Å²) >= 11 is 0. The summed E-state index contributed by atoms with van der Waals surface area (Å²) < 4.78 is 0. The molecule has 0 aromatic carbocycles. The molecule has 1 aromatic heterocycles. The molecule has 1 saturated heterocycles. The van der Waals surface area contributed by atoms with E-state index in [1.165, 1.54) is 0 Å². The number of anilines is 1. The normalized spacial score (nSPS) is 24.8. The van der Waals surface area contributed by atoms with Crippen LogP contribution in [0.4, 0.5) is 5.82 Å². The van der Waals surface area contributed by atoms with Gasteiger partial charge in [0.05, 0.1) is 0 Å². The van der Waals surface area contributed by atoms with Crippen LogP contribution in [0.15, 0.2) is 12.4 Å². The van der Waals surface area contributed by atoms with Gasteiger partial charge in [0.2, 0.25) is 0 Å². The van der Waals surface area contributed by atoms with Crippen LogP contribution in [0.2, 0.25) is 0 Å². The lowest BCUT2D eigenvalue weighted by Gasteiger charge is -2.23. The second-order valence-electron chi connectivity index (χ2n) is 4.48. The number of nitrogen functional groups attached to an aromatic ring is 1. The maximum absolute atomic E-state index is 7.50. The second kappa shape index (κ2) is 4.08. The lowest BCUT2D eigenvalue weighted by Crippen LogP contribution is -2.31. The summed E-state index contributed by atoms with van der Waals surface area (Å²) in [6, 6.07) is 0.435. The van der Waals surface area contributed by atoms with Crippen LogP contribution in [0, 0.1) is 11.3 Å². The van der Waals surface area contributed by atoms with E-state index < -0.39 is 0 Å². The highest BCUT2D eigenvalue weighted by Crippen LogP contribution is 2.28. The van der Waals surface area contributed by atoms with E-state index in [0.717, 1.165) is 18.8 Å². The van der Waals surface area contributed by atoms with Gasteiger partial charge in [0.1, 0.15) is 11.5 Å². The van der Waals surface area contributed by atoms with Gasteiger partial charge in [-0.25, -0.2) is 9.97 Å². The van der Waals surface area contributed by atoms with Crippen molar-refractivity contribution in [1.29, 1.82) is 5.41 Å². The minimum atomic E-state index is -0.0187. The fourth-order valence-electron chi connectivity index (χ4n) is 2.33. The van der Waals surface area contributed by atoms with Crippen molar-refractivity contribution in [2.75, 3.05) is 11.4 Å². The molecule has 5 heteroatoms. The Bertz CT molecular complexity index is 403. The van der Waals surface area contributed by atoms with Crippen molar-refractivity contribution in [2.24, 2.45) is 11.7 Å². The number of hydrogen-bond acceptors (Lipinski definition) is 4. The Hall–Kier alpha value is -1.65. The van der Waals surface area contributed by atoms with Crippen molar-refractivity contribution in [3.63, 3.8) is 0 Å². The van der Waals surface area contributed by atoms with Crippen molar-refractivity contribution in [1.82, 2.24) is 9.97 Å². The summed E-state index contributed by atoms with van der Waals surface area (Å²) in [5.41, 5.74) is 6.01. The first-order chi connectivity index (χ1) is 7.59. The number of aromatic nitrogens is 2. The van der Waals surface area contributed by atoms with Gasteiger partial charge in [0.15, 0.2) is 5.82 Å². The molecule has 0 amide bonds. The van der Waals surface area contributed by atoms with E-state index in [1.54, 1.807) is 12.4 Å². The molecule has 2 rings (SSSR count). The van der Waals surface area contributed by atoms with Crippen LogP contribution < -0.4 is 10.6 Å². The van der Waals surface area contributed by atoms with E-state index in [0.29, 0.717) is 17.7 Å². The molecule has 0 saturated carbocycles. The van der Waals surface area contributed by atoms with Crippen molar-refractivity contribution < 1.29 is 0 Å². The molecule has 2 heterocycles. The van der Waals surface area contributed by atoms with Crippen molar-refractivity contribution >= 4 is 11.7 Å². The number of nitrogens with zero attached hydrogens (tertiary/aromatic N) is 3. The number of amidine groups is 1. The predicted molar refractivity (Wildman–Crippen MR) is 63.6 cm³/mol. The Balaban J connectivity index is 2.36. The monoisotopic (exact) mass is 219 g/mol. The van der Waals surface area contributed by atoms with E-state index in [1.807, 2.05) is 0 Å². The molecule has 0 spiro atoms. The Labute approximate surface area is 95.2 Å². The Morgan fingerprint density at radius 2 is 2.12 bits per heavy atom. The summed E-state index contributed by atoms with van der Waals surface area (Å²) in [4.78, 5) is 10.6. The molecule has 2 atom stereocenters. The van der Waals surface area contributed by atoms with Crippen molar-refractivity contribution in [3.8, 4) is 0 Å². The minimum Gasteiger partial charge on any atom is -0.382 e. The molecule has 5 nitrogen and oxygen atoms in total. The largest absolute Gasteiger partial charge is 0.382 e. The lowest BCUT2D eigenvalue weighted by molar-refractivity contribution is 0.625. The molecule has 3 N–H and O–H groups in total. The van der Waals surface area contributed by atoms with Gasteiger partial charge in [-0.3, -0.25) is 5.41 Å². The van der Waals surface area contributed by atoms with Gasteiger partial charge in [-0.2, -0.15) is 0 Å². The Morgan fingerprint density at radius 3 is 2.69 bits per heavy atom. The summed E-state index contributed by atoms with van der Waals surface area (Å²) in [6.45, 7) is 5.35. The SMILES string of the molecule is CC1CC(C)N(c2nccnc2C(=N)N)C1. The number of nitrogens with one attached hydrogen (secondary N) is 1. The topological polar surface area (TPSA) is 78.9 Å². The number of rotatable bonds is 2. The molecule has 16 heavy (non-hydrogen) atoms. The van der Waals surface area contributed by atoms with Gasteiger partial charge in [0.25, 0.3) is 0 Å². The molecular weight excluding hydrogens is 202 g/mol. The van der Waals surface area contributed by atoms with Gasteiger partial charge < -0.3 is 10.6 Å². The molecule has 2 unspecified atom stereocenters. The summed E-state index contributed by atoms with van der Waals surface area (Å²) in [6.07, 6.45) is 4.37. The molecule has 0 bridgehead atoms. The third-order valence-electron chi connectivity index (χ3n) is 2.99. The number of nitrogens with two attached hydrogens (primary N) is 1. The highest BCUT2D eigenvalue weighted by molar-refractivity contribution is 5.97. The first kappa shape index (κ1) is 10.9. The van der Waals surface area contributed by atoms with Crippen molar-refractivity contribution in [3.05, 3.63) is 18.1 Å². The highest BCUT2D eigenvalue weighted by atomic mass is 15.2. The van der Waals surface area contributed by atoms with E-state index in [4.69, 9.17) is 11.1 Å². The summed E-state index contributed by atoms with van der Waals surface area (Å²) in [5.74, 6) is 1.37. The zero-order chi connectivity index (χ0) is 11.7. The predicted octanol–water partition coefficient (Wildman–Crippen LogP) is 0.995. The standard InChI is InChI=1S/C11H17N5/c1-7-5-8(2)16(6-7)11-9(10(12)13)14-3-4-15-11/h3-4,7-8H,5-6H2,1-2H3,(H3,12,13). The maximum atomic E-state index is 7.50. The zero-order valence-corrected chi connectivity index (χ0v) is 9.64. The molecule has 1 fully saturated rings. The number of hydrogen-bond donors (Lipinski definition) is 2. The van der Waals surface area contributed by atoms with E-state index in [9.17, 15) is 0 Å². The zero-order valence-electron chi connectivity index (χ0n) is 9.64. The first-order valence-electron chi connectivity index (χ1n) is 5.51. The van der Waals surface area contributed by atoms with Crippen LogP contribution in [0.1, 0.15) is 26.0 Å². The molecule has 86 valence electrons. The summed E-state index contributed by atoms with van der Waals surface area (Å²) in [5, 5.41) is 7.50. The molecule has 1 aromatic rings. The van der Waals surface area contributed by atoms with Crippen LogP contribution in [0.25, 0.3) is 0 Å². The van der Waals surface area contributed by atoms with Crippen LogP contribution in [0.5, 0.6) is 0 Å². The fourth-order valence-corrected chi connectivity index (χ4v) is 2.33. The summed E-state index contributed by atoms with van der Waals surface area (Å²) in [7, 11) is 0. The quantitative estimate of drug-likeness (QED) is 0.574. The van der Waals surface area contributed by atoms with Crippen LogP contribution in [0.3, 0.4) is 0 Å². The van der Waals surface area contributed by atoms with Gasteiger partial charge in [-0.1, -0.05) is 6.92 Å². The molecule has 1 aliphatic heterocycles. The van der Waals surface area contributed by atoms with E-state index in [-0.39, 0.29) is 5.84 Å². The molecule has 0 aliphatic carbocycles. The minimum absolute atomic E-state index is 0.0187. The Kier molecular flexibility index (Phi) is 2.77. The average molecular weight is 219 g/mol. The van der Waals surface area contributed by atoms with Gasteiger partial charge in [-0.15, -0.1) is 0 Å². The van der Waals surface area contributed by atoms with Crippen molar-refractivity contribution in [2.45, 2.75) is 26.3 Å². The van der Waals surface area contributed by atoms with Gasteiger partial charge in [-0.05, 0) is 19.3 Å². The van der Waals surface area contributed by atoms with Crippen LogP contribution >= 0.6 is 0 Å². The van der Waals surface area contributed by atoms with Gasteiger partial charge >= 0.3 is 0 Å². The molecule has 1 aliphatic rings. The first-order valence-corrected chi connectivity index (χ1v) is 5.51. The lowest BCUT2D eigenvalue weighted by atomic mass is 10.1. The smallest absolute Gasteiger partial charge is 0.158 e. The molecular formula is C11H17N5. The molecule has 0 radical (unpaired) electrons. The third-order valence-corrected chi connectivity index (χ3v) is 2.99. The second-order valence-corrected chi connectivity index (χ2v) is 4.48. The third kappa shape index (κ3) is 1.85. The fraction of sp³-hybridized carbons (Fsp3) is 0.545. The Morgan fingerprint density at radius 1 is 1.44 bits per heavy atom. The highest BCUT2D eigenvalue weighted by Gasteiger charge is 2.29. The van der Waals surface area contributed by atoms with Crippen LogP contribution in [-0.4, -0.2) is 28.4 Å². The van der Waals surface area contributed by atoms with E-state index in [2.05, 4.69) is 28.7 Å². The van der Waals surface area contributed by atoms with E-state index >= 15 is 0 Å².